The third-order valence-corrected chi connectivity index (χ3v) is 4.12. The van der Waals surface area contributed by atoms with Gasteiger partial charge in [0, 0.05) is 19.0 Å². The molecule has 0 radical (unpaired) electrons. The first-order valence-corrected chi connectivity index (χ1v) is 7.09. The topological polar surface area (TPSA) is 49.4 Å². The van der Waals surface area contributed by atoms with Crippen molar-refractivity contribution in [2.75, 3.05) is 19.6 Å². The van der Waals surface area contributed by atoms with Gasteiger partial charge >= 0.3 is 6.18 Å². The van der Waals surface area contributed by atoms with E-state index in [-0.39, 0.29) is 23.9 Å². The first-order valence-electron chi connectivity index (χ1n) is 7.09. The number of hydrogen-bond acceptors (Lipinski definition) is 2. The molecule has 1 N–H and O–H groups in total. The van der Waals surface area contributed by atoms with Gasteiger partial charge in [0.25, 0.3) is 0 Å². The molecule has 22 heavy (non-hydrogen) atoms. The monoisotopic (exact) mass is 312 g/mol. The highest BCUT2D eigenvalue weighted by Gasteiger charge is 2.49. The zero-order valence-corrected chi connectivity index (χ0v) is 11.7. The van der Waals surface area contributed by atoms with Crippen LogP contribution in [0, 0.1) is 5.92 Å². The Kier molecular flexibility index (Phi) is 3.58. The van der Waals surface area contributed by atoms with Crippen molar-refractivity contribution >= 4 is 11.8 Å². The van der Waals surface area contributed by atoms with E-state index in [4.69, 9.17) is 0 Å². The summed E-state index contributed by atoms with van der Waals surface area (Å²) >= 11 is 0. The average molecular weight is 312 g/mol. The lowest BCUT2D eigenvalue weighted by Crippen LogP contribution is -2.50. The number of alkyl halides is 3. The summed E-state index contributed by atoms with van der Waals surface area (Å²) in [6.45, 7) is 0.790. The molecule has 1 aliphatic heterocycles. The van der Waals surface area contributed by atoms with Crippen molar-refractivity contribution in [3.05, 3.63) is 35.4 Å². The number of rotatable bonds is 2. The summed E-state index contributed by atoms with van der Waals surface area (Å²) in [5, 5.41) is 2.62. The summed E-state index contributed by atoms with van der Waals surface area (Å²) in [5.41, 5.74) is -0.499. The third-order valence-electron chi connectivity index (χ3n) is 4.12. The van der Waals surface area contributed by atoms with Crippen molar-refractivity contribution in [3.8, 4) is 0 Å². The normalized spacial score (nSPS) is 24.9. The number of carbonyl (C=O) groups is 2. The van der Waals surface area contributed by atoms with Crippen LogP contribution >= 0.6 is 0 Å². The molecule has 7 heteroatoms. The van der Waals surface area contributed by atoms with Crippen molar-refractivity contribution in [2.24, 2.45) is 5.92 Å². The van der Waals surface area contributed by atoms with Crippen LogP contribution in [0.1, 0.15) is 23.5 Å². The predicted octanol–water partition coefficient (Wildman–Crippen LogP) is 1.77. The molecule has 2 fully saturated rings. The molecule has 0 spiro atoms. The van der Waals surface area contributed by atoms with Crippen LogP contribution in [0.4, 0.5) is 13.2 Å². The summed E-state index contributed by atoms with van der Waals surface area (Å²) < 4.78 is 39.1. The standard InChI is InChI=1S/C15H15F3N2O2/c16-15(17,18)12-4-2-1-3-9(12)10-7-11(10)14(22)20-6-5-19-13(21)8-20/h1-4,10-11H,5-8H2,(H,19,21)/t10-,11+/m1/s1. The minimum absolute atomic E-state index is 0.0109. The van der Waals surface area contributed by atoms with E-state index in [1.165, 1.54) is 17.0 Å². The molecule has 1 aliphatic carbocycles. The Morgan fingerprint density at radius 2 is 2.00 bits per heavy atom. The molecule has 1 heterocycles. The molecule has 1 saturated carbocycles. The third kappa shape index (κ3) is 2.80. The average Bonchev–Trinajstić information content (AvgIpc) is 3.26. The van der Waals surface area contributed by atoms with Crippen LogP contribution in [0.15, 0.2) is 24.3 Å². The zero-order chi connectivity index (χ0) is 15.9. The fourth-order valence-corrected chi connectivity index (χ4v) is 2.95. The number of halogens is 3. The van der Waals surface area contributed by atoms with E-state index in [0.29, 0.717) is 19.5 Å². The number of nitrogens with one attached hydrogen (secondary N) is 1. The van der Waals surface area contributed by atoms with Gasteiger partial charge < -0.3 is 10.2 Å². The molecule has 1 saturated heterocycles. The van der Waals surface area contributed by atoms with E-state index in [0.717, 1.165) is 6.07 Å². The molecule has 0 bridgehead atoms. The van der Waals surface area contributed by atoms with Crippen molar-refractivity contribution < 1.29 is 22.8 Å². The smallest absolute Gasteiger partial charge is 0.353 e. The number of piperazine rings is 1. The fourth-order valence-electron chi connectivity index (χ4n) is 2.95. The van der Waals surface area contributed by atoms with Crippen LogP contribution in [-0.4, -0.2) is 36.3 Å². The molecule has 0 aromatic heterocycles. The number of amides is 2. The molecule has 2 aliphatic rings. The number of carbonyl (C=O) groups excluding carboxylic acids is 2. The van der Waals surface area contributed by atoms with Gasteiger partial charge in [0.15, 0.2) is 0 Å². The number of benzene rings is 1. The van der Waals surface area contributed by atoms with Crippen LogP contribution in [0.5, 0.6) is 0 Å². The molecule has 1 aromatic carbocycles. The van der Waals surface area contributed by atoms with E-state index >= 15 is 0 Å². The highest BCUT2D eigenvalue weighted by atomic mass is 19.4. The van der Waals surface area contributed by atoms with E-state index in [2.05, 4.69) is 5.32 Å². The van der Waals surface area contributed by atoms with Crippen LogP contribution in [-0.2, 0) is 15.8 Å². The first-order chi connectivity index (χ1) is 10.4. The largest absolute Gasteiger partial charge is 0.416 e. The first kappa shape index (κ1) is 14.9. The lowest BCUT2D eigenvalue weighted by Gasteiger charge is -2.27. The molecule has 0 unspecified atom stereocenters. The lowest BCUT2D eigenvalue weighted by atomic mass is 10.0. The molecule has 4 nitrogen and oxygen atoms in total. The van der Waals surface area contributed by atoms with Gasteiger partial charge in [-0.15, -0.1) is 0 Å². The molecule has 3 rings (SSSR count). The maximum Gasteiger partial charge on any atom is 0.416 e. The van der Waals surface area contributed by atoms with E-state index < -0.39 is 23.6 Å². The van der Waals surface area contributed by atoms with Gasteiger partial charge in [-0.2, -0.15) is 13.2 Å². The molecular weight excluding hydrogens is 297 g/mol. The van der Waals surface area contributed by atoms with Crippen molar-refractivity contribution in [1.29, 1.82) is 0 Å². The van der Waals surface area contributed by atoms with Crippen molar-refractivity contribution in [3.63, 3.8) is 0 Å². The second-order valence-corrected chi connectivity index (χ2v) is 5.64. The summed E-state index contributed by atoms with van der Waals surface area (Å²) in [4.78, 5) is 25.0. The highest BCUT2D eigenvalue weighted by molar-refractivity contribution is 5.89. The molecule has 2 atom stereocenters. The molecular formula is C15H15F3N2O2. The second kappa shape index (κ2) is 5.30. The summed E-state index contributed by atoms with van der Waals surface area (Å²) in [7, 11) is 0. The van der Waals surface area contributed by atoms with Gasteiger partial charge in [0.05, 0.1) is 12.1 Å². The lowest BCUT2D eigenvalue weighted by molar-refractivity contribution is -0.140. The maximum atomic E-state index is 13.0. The van der Waals surface area contributed by atoms with E-state index in [1.807, 2.05) is 0 Å². The minimum Gasteiger partial charge on any atom is -0.353 e. The van der Waals surface area contributed by atoms with E-state index in [1.54, 1.807) is 6.07 Å². The molecule has 2 amide bonds. The Hall–Kier alpha value is -2.05. The SMILES string of the molecule is O=C1CN(C(=O)[C@H]2C[C@@H]2c2ccccc2C(F)(F)F)CCN1. The summed E-state index contributed by atoms with van der Waals surface area (Å²) in [6.07, 6.45) is -4.01. The maximum absolute atomic E-state index is 13.0. The van der Waals surface area contributed by atoms with Crippen LogP contribution in [0.2, 0.25) is 0 Å². The minimum atomic E-state index is -4.42. The molecule has 118 valence electrons. The Morgan fingerprint density at radius 1 is 1.27 bits per heavy atom. The highest BCUT2D eigenvalue weighted by Crippen LogP contribution is 2.51. The van der Waals surface area contributed by atoms with Gasteiger partial charge in [0.1, 0.15) is 0 Å². The fraction of sp³-hybridized carbons (Fsp3) is 0.467. The van der Waals surface area contributed by atoms with Crippen LogP contribution in [0.25, 0.3) is 0 Å². The van der Waals surface area contributed by atoms with Gasteiger partial charge in [-0.1, -0.05) is 18.2 Å². The van der Waals surface area contributed by atoms with E-state index in [9.17, 15) is 22.8 Å². The predicted molar refractivity (Wildman–Crippen MR) is 71.9 cm³/mol. The Labute approximate surface area is 125 Å². The number of hydrogen-bond donors (Lipinski definition) is 1. The number of nitrogens with zero attached hydrogens (tertiary/aromatic N) is 1. The Balaban J connectivity index is 1.75. The molecule has 1 aromatic rings. The second-order valence-electron chi connectivity index (χ2n) is 5.64. The zero-order valence-electron chi connectivity index (χ0n) is 11.7. The summed E-state index contributed by atoms with van der Waals surface area (Å²) in [6, 6.07) is 5.38. The Morgan fingerprint density at radius 3 is 2.68 bits per heavy atom. The van der Waals surface area contributed by atoms with Crippen LogP contribution in [0.3, 0.4) is 0 Å². The van der Waals surface area contributed by atoms with Gasteiger partial charge in [0.2, 0.25) is 11.8 Å². The summed E-state index contributed by atoms with van der Waals surface area (Å²) in [5.74, 6) is -1.31. The van der Waals surface area contributed by atoms with Gasteiger partial charge in [-0.05, 0) is 24.0 Å². The quantitative estimate of drug-likeness (QED) is 0.905. The van der Waals surface area contributed by atoms with Crippen LogP contribution < -0.4 is 5.32 Å². The van der Waals surface area contributed by atoms with Gasteiger partial charge in [-0.25, -0.2) is 0 Å². The van der Waals surface area contributed by atoms with Crippen molar-refractivity contribution in [2.45, 2.75) is 18.5 Å². The van der Waals surface area contributed by atoms with Gasteiger partial charge in [-0.3, -0.25) is 9.59 Å². The Bertz CT molecular complexity index is 615. The van der Waals surface area contributed by atoms with Crippen molar-refractivity contribution in [1.82, 2.24) is 10.2 Å².